The van der Waals surface area contributed by atoms with Gasteiger partial charge in [0, 0.05) is 10.7 Å². The summed E-state index contributed by atoms with van der Waals surface area (Å²) in [5.74, 6) is -1.60. The molecule has 0 aliphatic carbocycles. The lowest BCUT2D eigenvalue weighted by atomic mass is 10.1. The van der Waals surface area contributed by atoms with Gasteiger partial charge in [0.2, 0.25) is 0 Å². The molecule has 2 aromatic carbocycles. The summed E-state index contributed by atoms with van der Waals surface area (Å²) in [7, 11) is 0. The Morgan fingerprint density at radius 1 is 1.10 bits per heavy atom. The number of benzene rings is 2. The van der Waals surface area contributed by atoms with E-state index in [-0.39, 0.29) is 17.7 Å². The van der Waals surface area contributed by atoms with Crippen LogP contribution < -0.4 is 5.32 Å². The molecule has 0 saturated carbocycles. The summed E-state index contributed by atoms with van der Waals surface area (Å²) >= 11 is 5.70. The van der Waals surface area contributed by atoms with E-state index < -0.39 is 11.9 Å². The summed E-state index contributed by atoms with van der Waals surface area (Å²) < 4.78 is 0. The van der Waals surface area contributed by atoms with Crippen molar-refractivity contribution in [2.75, 3.05) is 5.32 Å². The summed E-state index contributed by atoms with van der Waals surface area (Å²) in [6.07, 6.45) is -0.0772. The Hall–Kier alpha value is -2.53. The molecule has 0 unspecified atom stereocenters. The molecule has 0 heterocycles. The van der Waals surface area contributed by atoms with E-state index in [2.05, 4.69) is 5.32 Å². The molecule has 0 spiro atoms. The summed E-state index contributed by atoms with van der Waals surface area (Å²) in [5.41, 5.74) is 1.24. The Kier molecular flexibility index (Phi) is 4.45. The highest BCUT2D eigenvalue weighted by atomic mass is 35.5. The van der Waals surface area contributed by atoms with Gasteiger partial charge in [-0.05, 0) is 35.9 Å². The molecular weight excluding hydrogens is 294 g/mol. The Morgan fingerprint density at radius 2 is 1.76 bits per heavy atom. The van der Waals surface area contributed by atoms with Crippen molar-refractivity contribution in [3.05, 3.63) is 58.6 Å². The topological polar surface area (TPSA) is 86.6 Å². The largest absolute Gasteiger partial charge is 0.507 e. The van der Waals surface area contributed by atoms with Gasteiger partial charge in [-0.3, -0.25) is 9.59 Å². The van der Waals surface area contributed by atoms with Crippen LogP contribution in [0.3, 0.4) is 0 Å². The molecule has 21 heavy (non-hydrogen) atoms. The second-order valence-electron chi connectivity index (χ2n) is 4.38. The molecule has 6 heteroatoms. The third-order valence-electron chi connectivity index (χ3n) is 2.77. The number of anilines is 1. The van der Waals surface area contributed by atoms with Crippen LogP contribution in [0.4, 0.5) is 5.69 Å². The highest BCUT2D eigenvalue weighted by Crippen LogP contribution is 2.23. The summed E-state index contributed by atoms with van der Waals surface area (Å²) in [5, 5.41) is 21.3. The lowest BCUT2D eigenvalue weighted by molar-refractivity contribution is -0.136. The number of halogens is 1. The molecule has 0 saturated heterocycles. The van der Waals surface area contributed by atoms with Crippen LogP contribution >= 0.6 is 11.6 Å². The SMILES string of the molecule is O=C(O)Cc1ccc(NC(=O)c2ccc(Cl)cc2O)cc1. The summed E-state index contributed by atoms with van der Waals surface area (Å²) in [4.78, 5) is 22.6. The van der Waals surface area contributed by atoms with E-state index in [1.165, 1.54) is 18.2 Å². The van der Waals surface area contributed by atoms with Crippen LogP contribution in [0.25, 0.3) is 0 Å². The first-order valence-corrected chi connectivity index (χ1v) is 6.44. The minimum atomic E-state index is -0.919. The quantitative estimate of drug-likeness (QED) is 0.810. The number of rotatable bonds is 4. The first kappa shape index (κ1) is 14.9. The zero-order valence-electron chi connectivity index (χ0n) is 10.8. The second kappa shape index (κ2) is 6.28. The number of phenolic OH excluding ortho intramolecular Hbond substituents is 1. The molecule has 2 rings (SSSR count). The Balaban J connectivity index is 2.10. The number of carboxylic acid groups (broad SMARTS) is 1. The average molecular weight is 306 g/mol. The van der Waals surface area contributed by atoms with Gasteiger partial charge in [0.1, 0.15) is 5.75 Å². The van der Waals surface area contributed by atoms with Gasteiger partial charge in [0.05, 0.1) is 12.0 Å². The monoisotopic (exact) mass is 305 g/mol. The molecule has 1 amide bonds. The van der Waals surface area contributed by atoms with E-state index in [9.17, 15) is 14.7 Å². The summed E-state index contributed by atoms with van der Waals surface area (Å²) in [6.45, 7) is 0. The molecule has 0 aliphatic heterocycles. The van der Waals surface area contributed by atoms with Gasteiger partial charge < -0.3 is 15.5 Å². The Bertz CT molecular complexity index is 683. The van der Waals surface area contributed by atoms with E-state index >= 15 is 0 Å². The van der Waals surface area contributed by atoms with E-state index in [0.717, 1.165) is 0 Å². The van der Waals surface area contributed by atoms with Crippen LogP contribution in [0.15, 0.2) is 42.5 Å². The third-order valence-corrected chi connectivity index (χ3v) is 3.01. The molecule has 0 radical (unpaired) electrons. The minimum Gasteiger partial charge on any atom is -0.507 e. The van der Waals surface area contributed by atoms with E-state index in [0.29, 0.717) is 16.3 Å². The lowest BCUT2D eigenvalue weighted by Crippen LogP contribution is -2.12. The summed E-state index contributed by atoms with van der Waals surface area (Å²) in [6, 6.07) is 10.6. The molecule has 0 aliphatic rings. The van der Waals surface area contributed by atoms with Gasteiger partial charge in [-0.15, -0.1) is 0 Å². The van der Waals surface area contributed by atoms with Crippen molar-refractivity contribution in [3.63, 3.8) is 0 Å². The maximum Gasteiger partial charge on any atom is 0.307 e. The normalized spacial score (nSPS) is 10.1. The number of hydrogen-bond donors (Lipinski definition) is 3. The van der Waals surface area contributed by atoms with Crippen molar-refractivity contribution in [3.8, 4) is 5.75 Å². The third kappa shape index (κ3) is 3.97. The molecule has 3 N–H and O–H groups in total. The van der Waals surface area contributed by atoms with Crippen molar-refractivity contribution in [1.82, 2.24) is 0 Å². The van der Waals surface area contributed by atoms with E-state index in [4.69, 9.17) is 16.7 Å². The average Bonchev–Trinajstić information content (AvgIpc) is 2.40. The van der Waals surface area contributed by atoms with Gasteiger partial charge >= 0.3 is 5.97 Å². The molecule has 0 atom stereocenters. The standard InChI is InChI=1S/C15H12ClNO4/c16-10-3-6-12(13(18)8-10)15(21)17-11-4-1-9(2-5-11)7-14(19)20/h1-6,8,18H,7H2,(H,17,21)(H,19,20). The number of amides is 1. The molecule has 0 aromatic heterocycles. The second-order valence-corrected chi connectivity index (χ2v) is 4.82. The predicted molar refractivity (Wildman–Crippen MR) is 78.9 cm³/mol. The first-order chi connectivity index (χ1) is 9.95. The van der Waals surface area contributed by atoms with Gasteiger partial charge in [-0.25, -0.2) is 0 Å². The fourth-order valence-electron chi connectivity index (χ4n) is 1.78. The predicted octanol–water partition coefficient (Wildman–Crippen LogP) is 2.93. The Labute approximate surface area is 125 Å². The van der Waals surface area contributed by atoms with Crippen LogP contribution in [0.1, 0.15) is 15.9 Å². The molecule has 5 nitrogen and oxygen atoms in total. The number of carbonyl (C=O) groups excluding carboxylic acids is 1. The maximum absolute atomic E-state index is 12.0. The molecule has 2 aromatic rings. The van der Waals surface area contributed by atoms with E-state index in [1.807, 2.05) is 0 Å². The smallest absolute Gasteiger partial charge is 0.307 e. The number of aliphatic carboxylic acids is 1. The van der Waals surface area contributed by atoms with Crippen molar-refractivity contribution >= 4 is 29.2 Å². The molecule has 0 bridgehead atoms. The van der Waals surface area contributed by atoms with Crippen LogP contribution in [0.2, 0.25) is 5.02 Å². The zero-order chi connectivity index (χ0) is 15.4. The Morgan fingerprint density at radius 3 is 2.33 bits per heavy atom. The highest BCUT2D eigenvalue weighted by Gasteiger charge is 2.11. The number of nitrogens with one attached hydrogen (secondary N) is 1. The fourth-order valence-corrected chi connectivity index (χ4v) is 1.94. The van der Waals surface area contributed by atoms with Gasteiger partial charge in [0.15, 0.2) is 0 Å². The minimum absolute atomic E-state index is 0.0772. The van der Waals surface area contributed by atoms with Gasteiger partial charge in [0.25, 0.3) is 5.91 Å². The van der Waals surface area contributed by atoms with Crippen LogP contribution in [0, 0.1) is 0 Å². The van der Waals surface area contributed by atoms with Crippen LogP contribution in [-0.4, -0.2) is 22.1 Å². The van der Waals surface area contributed by atoms with Crippen molar-refractivity contribution < 1.29 is 19.8 Å². The van der Waals surface area contributed by atoms with Gasteiger partial charge in [-0.2, -0.15) is 0 Å². The number of phenols is 1. The maximum atomic E-state index is 12.0. The first-order valence-electron chi connectivity index (χ1n) is 6.06. The number of carboxylic acids is 1. The van der Waals surface area contributed by atoms with Crippen molar-refractivity contribution in [2.45, 2.75) is 6.42 Å². The van der Waals surface area contributed by atoms with Gasteiger partial charge in [-0.1, -0.05) is 23.7 Å². The molecule has 0 fully saturated rings. The molecular formula is C15H12ClNO4. The van der Waals surface area contributed by atoms with Crippen LogP contribution in [0.5, 0.6) is 5.75 Å². The lowest BCUT2D eigenvalue weighted by Gasteiger charge is -2.07. The highest BCUT2D eigenvalue weighted by molar-refractivity contribution is 6.31. The molecule has 108 valence electrons. The zero-order valence-corrected chi connectivity index (χ0v) is 11.6. The number of carbonyl (C=O) groups is 2. The fraction of sp³-hybridized carbons (Fsp3) is 0.0667. The van der Waals surface area contributed by atoms with Crippen molar-refractivity contribution in [2.24, 2.45) is 0 Å². The van der Waals surface area contributed by atoms with Crippen LogP contribution in [-0.2, 0) is 11.2 Å². The van der Waals surface area contributed by atoms with E-state index in [1.54, 1.807) is 24.3 Å². The number of aromatic hydroxyl groups is 1. The number of hydrogen-bond acceptors (Lipinski definition) is 3. The van der Waals surface area contributed by atoms with Crippen molar-refractivity contribution in [1.29, 1.82) is 0 Å².